The quantitative estimate of drug-likeness (QED) is 0.395. The van der Waals surface area contributed by atoms with E-state index in [0.29, 0.717) is 4.73 Å². The van der Waals surface area contributed by atoms with Crippen LogP contribution in [0.2, 0.25) is 0 Å². The van der Waals surface area contributed by atoms with E-state index < -0.39 is 10.0 Å². The SMILES string of the molecule is CONS(=O)(=O)c1ccc[n+]([O-])c1. The van der Waals surface area contributed by atoms with Gasteiger partial charge < -0.3 is 5.21 Å². The molecule has 0 atom stereocenters. The van der Waals surface area contributed by atoms with Crippen molar-refractivity contribution in [1.82, 2.24) is 4.89 Å². The van der Waals surface area contributed by atoms with Crippen molar-refractivity contribution in [3.05, 3.63) is 29.7 Å². The van der Waals surface area contributed by atoms with E-state index in [-0.39, 0.29) is 4.90 Å². The van der Waals surface area contributed by atoms with Crippen molar-refractivity contribution in [3.63, 3.8) is 0 Å². The molecule has 1 aromatic rings. The van der Waals surface area contributed by atoms with Crippen LogP contribution in [-0.4, -0.2) is 15.5 Å². The lowest BCUT2D eigenvalue weighted by Gasteiger charge is -2.02. The number of nitrogens with one attached hydrogen (secondary N) is 1. The highest BCUT2D eigenvalue weighted by atomic mass is 32.2. The summed E-state index contributed by atoms with van der Waals surface area (Å²) in [5.74, 6) is 0. The molecule has 72 valence electrons. The Morgan fingerprint density at radius 3 is 2.85 bits per heavy atom. The molecule has 0 saturated carbocycles. The van der Waals surface area contributed by atoms with Crippen LogP contribution in [0.4, 0.5) is 0 Å². The van der Waals surface area contributed by atoms with Gasteiger partial charge in [0.25, 0.3) is 10.0 Å². The number of rotatable bonds is 3. The summed E-state index contributed by atoms with van der Waals surface area (Å²) in [5.41, 5.74) is 0. The molecule has 0 aliphatic rings. The third kappa shape index (κ3) is 2.38. The van der Waals surface area contributed by atoms with Gasteiger partial charge in [-0.05, 0) is 6.07 Å². The Labute approximate surface area is 75.4 Å². The minimum atomic E-state index is -3.73. The normalized spacial score (nSPS) is 11.5. The molecular weight excluding hydrogens is 196 g/mol. The number of sulfonamides is 1. The van der Waals surface area contributed by atoms with E-state index in [1.54, 1.807) is 4.89 Å². The third-order valence-corrected chi connectivity index (χ3v) is 2.50. The van der Waals surface area contributed by atoms with Crippen molar-refractivity contribution in [1.29, 1.82) is 0 Å². The maximum Gasteiger partial charge on any atom is 0.268 e. The minimum Gasteiger partial charge on any atom is -0.619 e. The first kappa shape index (κ1) is 9.90. The van der Waals surface area contributed by atoms with E-state index in [4.69, 9.17) is 0 Å². The lowest BCUT2D eigenvalue weighted by molar-refractivity contribution is -0.607. The second-order valence-corrected chi connectivity index (χ2v) is 3.84. The molecule has 0 fully saturated rings. The molecule has 0 unspecified atom stereocenters. The zero-order chi connectivity index (χ0) is 9.90. The molecule has 6 nitrogen and oxygen atoms in total. The Kier molecular flexibility index (Phi) is 2.81. The zero-order valence-corrected chi connectivity index (χ0v) is 7.61. The highest BCUT2D eigenvalue weighted by Gasteiger charge is 2.15. The van der Waals surface area contributed by atoms with Gasteiger partial charge in [-0.2, -0.15) is 4.73 Å². The second kappa shape index (κ2) is 3.69. The van der Waals surface area contributed by atoms with E-state index in [0.717, 1.165) is 6.20 Å². The van der Waals surface area contributed by atoms with E-state index in [2.05, 4.69) is 4.84 Å². The molecule has 0 bridgehead atoms. The van der Waals surface area contributed by atoms with E-state index in [1.807, 2.05) is 0 Å². The Bertz CT molecular complexity index is 389. The van der Waals surface area contributed by atoms with E-state index in [9.17, 15) is 13.6 Å². The second-order valence-electron chi connectivity index (χ2n) is 2.19. The zero-order valence-electron chi connectivity index (χ0n) is 6.80. The predicted molar refractivity (Wildman–Crippen MR) is 42.7 cm³/mol. The average Bonchev–Trinajstić information content (AvgIpc) is 2.04. The molecule has 1 aromatic heterocycles. The number of aromatic nitrogens is 1. The standard InChI is InChI=1S/C6H8N2O4S/c1-12-7-13(10,11)6-3-2-4-8(9)5-6/h2-5,7H,1H3. The fourth-order valence-corrected chi connectivity index (χ4v) is 1.57. The fourth-order valence-electron chi connectivity index (χ4n) is 0.751. The van der Waals surface area contributed by atoms with Crippen LogP contribution in [0.1, 0.15) is 0 Å². The van der Waals surface area contributed by atoms with Crippen molar-refractivity contribution >= 4 is 10.0 Å². The molecule has 1 N–H and O–H groups in total. The molecule has 0 aliphatic heterocycles. The number of hydrogen-bond acceptors (Lipinski definition) is 4. The van der Waals surface area contributed by atoms with Gasteiger partial charge in [0, 0.05) is 6.07 Å². The van der Waals surface area contributed by atoms with Crippen LogP contribution in [0, 0.1) is 5.21 Å². The van der Waals surface area contributed by atoms with Gasteiger partial charge in [0.2, 0.25) is 6.20 Å². The summed E-state index contributed by atoms with van der Waals surface area (Å²) in [6.45, 7) is 0. The topological polar surface area (TPSA) is 82.3 Å². The van der Waals surface area contributed by atoms with Crippen molar-refractivity contribution in [2.24, 2.45) is 0 Å². The van der Waals surface area contributed by atoms with Crippen molar-refractivity contribution < 1.29 is 18.0 Å². The van der Waals surface area contributed by atoms with Crippen LogP contribution in [-0.2, 0) is 14.9 Å². The minimum absolute atomic E-state index is 0.146. The van der Waals surface area contributed by atoms with Gasteiger partial charge >= 0.3 is 0 Å². The maximum atomic E-state index is 11.2. The smallest absolute Gasteiger partial charge is 0.268 e. The fraction of sp³-hybridized carbons (Fsp3) is 0.167. The molecule has 0 aromatic carbocycles. The first-order chi connectivity index (χ1) is 6.06. The third-order valence-electron chi connectivity index (χ3n) is 1.25. The maximum absolute atomic E-state index is 11.2. The van der Waals surface area contributed by atoms with Gasteiger partial charge in [0.1, 0.15) is 4.90 Å². The van der Waals surface area contributed by atoms with Crippen LogP contribution in [0.5, 0.6) is 0 Å². The van der Waals surface area contributed by atoms with Gasteiger partial charge in [0.05, 0.1) is 7.11 Å². The molecular formula is C6H8N2O4S. The van der Waals surface area contributed by atoms with Crippen LogP contribution < -0.4 is 9.62 Å². The van der Waals surface area contributed by atoms with E-state index in [1.165, 1.54) is 25.4 Å². The summed E-state index contributed by atoms with van der Waals surface area (Å²) in [5, 5.41) is 10.7. The average molecular weight is 204 g/mol. The summed E-state index contributed by atoms with van der Waals surface area (Å²) in [4.78, 5) is 5.89. The van der Waals surface area contributed by atoms with Crippen LogP contribution >= 0.6 is 0 Å². The predicted octanol–water partition coefficient (Wildman–Crippen LogP) is -0.840. The summed E-state index contributed by atoms with van der Waals surface area (Å²) >= 11 is 0. The number of nitrogens with zero attached hydrogens (tertiary/aromatic N) is 1. The van der Waals surface area contributed by atoms with Crippen LogP contribution in [0.3, 0.4) is 0 Å². The Morgan fingerprint density at radius 1 is 1.62 bits per heavy atom. The molecule has 0 spiro atoms. The molecule has 0 saturated heterocycles. The van der Waals surface area contributed by atoms with E-state index >= 15 is 0 Å². The largest absolute Gasteiger partial charge is 0.619 e. The van der Waals surface area contributed by atoms with Crippen LogP contribution in [0.15, 0.2) is 29.4 Å². The van der Waals surface area contributed by atoms with Gasteiger partial charge in [-0.1, -0.05) is 4.89 Å². The Hall–Kier alpha value is -1.18. The van der Waals surface area contributed by atoms with Crippen LogP contribution in [0.25, 0.3) is 0 Å². The molecule has 0 aliphatic carbocycles. The van der Waals surface area contributed by atoms with Crippen molar-refractivity contribution in [2.45, 2.75) is 4.90 Å². The summed E-state index contributed by atoms with van der Waals surface area (Å²) in [6.07, 6.45) is 2.12. The van der Waals surface area contributed by atoms with Gasteiger partial charge in [-0.15, -0.1) is 0 Å². The van der Waals surface area contributed by atoms with Crippen molar-refractivity contribution in [2.75, 3.05) is 7.11 Å². The lowest BCUT2D eigenvalue weighted by atomic mass is 10.5. The Morgan fingerprint density at radius 2 is 2.31 bits per heavy atom. The summed E-state index contributed by atoms with van der Waals surface area (Å²) < 4.78 is 22.8. The number of hydrogen-bond donors (Lipinski definition) is 1. The highest BCUT2D eigenvalue weighted by Crippen LogP contribution is 2.03. The summed E-state index contributed by atoms with van der Waals surface area (Å²) in [7, 11) is -2.55. The molecule has 1 rings (SSSR count). The number of pyridine rings is 1. The monoisotopic (exact) mass is 204 g/mol. The molecule has 13 heavy (non-hydrogen) atoms. The first-order valence-electron chi connectivity index (χ1n) is 3.30. The molecule has 0 radical (unpaired) electrons. The first-order valence-corrected chi connectivity index (χ1v) is 4.78. The molecule has 0 amide bonds. The summed E-state index contributed by atoms with van der Waals surface area (Å²) in [6, 6.07) is 2.62. The highest BCUT2D eigenvalue weighted by molar-refractivity contribution is 7.89. The van der Waals surface area contributed by atoms with Gasteiger partial charge in [-0.3, -0.25) is 4.84 Å². The van der Waals surface area contributed by atoms with Crippen molar-refractivity contribution in [3.8, 4) is 0 Å². The lowest BCUT2D eigenvalue weighted by Crippen LogP contribution is -2.29. The molecule has 1 heterocycles. The molecule has 7 heteroatoms. The Balaban J connectivity index is 3.08. The van der Waals surface area contributed by atoms with Gasteiger partial charge in [0.15, 0.2) is 6.20 Å². The van der Waals surface area contributed by atoms with Gasteiger partial charge in [-0.25, -0.2) is 8.42 Å².